The van der Waals surface area contributed by atoms with Gasteiger partial charge in [0.2, 0.25) is 0 Å². The van der Waals surface area contributed by atoms with Gasteiger partial charge in [0.25, 0.3) is 5.91 Å². The van der Waals surface area contributed by atoms with Crippen molar-refractivity contribution >= 4 is 17.6 Å². The largest absolute Gasteiger partial charge is 0.573 e. The van der Waals surface area contributed by atoms with Crippen molar-refractivity contribution in [1.82, 2.24) is 0 Å². The van der Waals surface area contributed by atoms with Gasteiger partial charge in [-0.25, -0.2) is 13.6 Å². The van der Waals surface area contributed by atoms with Crippen LogP contribution in [0.25, 0.3) is 0 Å². The molecule has 2 aromatic rings. The molecule has 26 heavy (non-hydrogen) atoms. The summed E-state index contributed by atoms with van der Waals surface area (Å²) in [7, 11) is 0. The zero-order valence-corrected chi connectivity index (χ0v) is 12.8. The molecule has 0 spiro atoms. The van der Waals surface area contributed by atoms with Crippen LogP contribution < -0.4 is 10.1 Å². The number of amides is 1. The Bertz CT molecular complexity index is 785. The van der Waals surface area contributed by atoms with E-state index in [1.54, 1.807) is 0 Å². The lowest BCUT2D eigenvalue weighted by Gasteiger charge is -2.09. The van der Waals surface area contributed by atoms with Crippen molar-refractivity contribution in [2.45, 2.75) is 6.36 Å². The Morgan fingerprint density at radius 2 is 1.54 bits per heavy atom. The summed E-state index contributed by atoms with van der Waals surface area (Å²) in [6, 6.07) is 6.18. The number of halogens is 5. The molecule has 0 saturated carbocycles. The Labute approximate surface area is 143 Å². The molecule has 0 aromatic heterocycles. The fourth-order valence-electron chi connectivity index (χ4n) is 1.83. The van der Waals surface area contributed by atoms with Crippen LogP contribution in [0.3, 0.4) is 0 Å². The van der Waals surface area contributed by atoms with E-state index in [2.05, 4.69) is 14.8 Å². The maximum absolute atomic E-state index is 13.0. The van der Waals surface area contributed by atoms with E-state index in [-0.39, 0.29) is 11.3 Å². The third kappa shape index (κ3) is 6.04. The molecule has 1 amide bonds. The van der Waals surface area contributed by atoms with Crippen LogP contribution in [0.15, 0.2) is 42.5 Å². The highest BCUT2D eigenvalue weighted by Gasteiger charge is 2.31. The normalized spacial score (nSPS) is 11.0. The zero-order chi connectivity index (χ0) is 19.3. The highest BCUT2D eigenvalue weighted by Crippen LogP contribution is 2.22. The molecule has 2 aromatic carbocycles. The Balaban J connectivity index is 1.88. The van der Waals surface area contributed by atoms with Crippen LogP contribution in [-0.4, -0.2) is 24.8 Å². The summed E-state index contributed by atoms with van der Waals surface area (Å²) in [5, 5.41) is 2.12. The van der Waals surface area contributed by atoms with Gasteiger partial charge in [-0.3, -0.25) is 4.79 Å². The number of carbonyl (C=O) groups is 2. The van der Waals surface area contributed by atoms with E-state index in [4.69, 9.17) is 0 Å². The minimum atomic E-state index is -4.86. The quantitative estimate of drug-likeness (QED) is 0.640. The highest BCUT2D eigenvalue weighted by molar-refractivity contribution is 5.95. The number of anilines is 1. The van der Waals surface area contributed by atoms with E-state index in [0.29, 0.717) is 6.07 Å². The van der Waals surface area contributed by atoms with Gasteiger partial charge in [-0.15, -0.1) is 13.2 Å². The minimum Gasteiger partial charge on any atom is -0.452 e. The molecule has 0 heterocycles. The first-order valence-electron chi connectivity index (χ1n) is 6.91. The monoisotopic (exact) mass is 375 g/mol. The molecule has 0 unspecified atom stereocenters. The topological polar surface area (TPSA) is 64.6 Å². The van der Waals surface area contributed by atoms with E-state index < -0.39 is 42.2 Å². The van der Waals surface area contributed by atoms with Crippen LogP contribution in [0.1, 0.15) is 10.4 Å². The number of hydrogen-bond acceptors (Lipinski definition) is 4. The number of carbonyl (C=O) groups excluding carboxylic acids is 2. The van der Waals surface area contributed by atoms with E-state index >= 15 is 0 Å². The predicted octanol–water partition coefficient (Wildman–Crippen LogP) is 3.66. The molecule has 5 nitrogen and oxygen atoms in total. The van der Waals surface area contributed by atoms with E-state index in [1.165, 1.54) is 0 Å². The highest BCUT2D eigenvalue weighted by atomic mass is 19.4. The van der Waals surface area contributed by atoms with Crippen molar-refractivity contribution in [3.63, 3.8) is 0 Å². The Morgan fingerprint density at radius 3 is 2.08 bits per heavy atom. The molecule has 0 radical (unpaired) electrons. The third-order valence-electron chi connectivity index (χ3n) is 2.80. The maximum Gasteiger partial charge on any atom is 0.573 e. The summed E-state index contributed by atoms with van der Waals surface area (Å²) >= 11 is 0. The smallest absolute Gasteiger partial charge is 0.452 e. The van der Waals surface area contributed by atoms with Gasteiger partial charge < -0.3 is 14.8 Å². The van der Waals surface area contributed by atoms with Crippen LogP contribution in [0.5, 0.6) is 5.75 Å². The van der Waals surface area contributed by atoms with Crippen molar-refractivity contribution in [3.8, 4) is 5.75 Å². The lowest BCUT2D eigenvalue weighted by atomic mass is 10.2. The third-order valence-corrected chi connectivity index (χ3v) is 2.80. The van der Waals surface area contributed by atoms with Crippen molar-refractivity contribution in [1.29, 1.82) is 0 Å². The summed E-state index contributed by atoms with van der Waals surface area (Å²) in [5.41, 5.74) is -0.290. The second-order valence-electron chi connectivity index (χ2n) is 4.85. The lowest BCUT2D eigenvalue weighted by Crippen LogP contribution is -2.21. The molecule has 2 rings (SSSR count). The molecule has 0 fully saturated rings. The summed E-state index contributed by atoms with van der Waals surface area (Å²) < 4.78 is 70.4. The van der Waals surface area contributed by atoms with Crippen molar-refractivity contribution < 1.29 is 41.0 Å². The summed E-state index contributed by atoms with van der Waals surface area (Å²) in [5.74, 6) is -4.18. The summed E-state index contributed by atoms with van der Waals surface area (Å²) in [6.45, 7) is -0.766. The molecule has 0 aliphatic rings. The van der Waals surface area contributed by atoms with E-state index in [1.807, 2.05) is 0 Å². The zero-order valence-electron chi connectivity index (χ0n) is 12.8. The number of hydrogen-bond donors (Lipinski definition) is 1. The van der Waals surface area contributed by atoms with Gasteiger partial charge >= 0.3 is 12.3 Å². The fourth-order valence-corrected chi connectivity index (χ4v) is 1.83. The number of esters is 1. The Kier molecular flexibility index (Phi) is 5.75. The van der Waals surface area contributed by atoms with E-state index in [0.717, 1.165) is 36.4 Å². The molecular formula is C16H10F5NO4. The molecule has 10 heteroatoms. The minimum absolute atomic E-state index is 0.121. The van der Waals surface area contributed by atoms with Gasteiger partial charge in [-0.05, 0) is 36.4 Å². The molecule has 138 valence electrons. The average molecular weight is 375 g/mol. The first-order valence-corrected chi connectivity index (χ1v) is 6.91. The summed E-state index contributed by atoms with van der Waals surface area (Å²) in [4.78, 5) is 23.3. The second-order valence-corrected chi connectivity index (χ2v) is 4.85. The molecule has 0 aliphatic heterocycles. The number of ether oxygens (including phenoxy) is 2. The van der Waals surface area contributed by atoms with Gasteiger partial charge in [0, 0.05) is 11.8 Å². The lowest BCUT2D eigenvalue weighted by molar-refractivity contribution is -0.274. The van der Waals surface area contributed by atoms with Gasteiger partial charge in [0.1, 0.15) is 17.4 Å². The van der Waals surface area contributed by atoms with Crippen molar-refractivity contribution in [2.75, 3.05) is 11.9 Å². The summed E-state index contributed by atoms with van der Waals surface area (Å²) in [6.07, 6.45) is -4.86. The van der Waals surface area contributed by atoms with Crippen molar-refractivity contribution in [2.24, 2.45) is 0 Å². The van der Waals surface area contributed by atoms with Crippen LogP contribution in [0, 0.1) is 11.6 Å². The van der Waals surface area contributed by atoms with Gasteiger partial charge in [0.05, 0.1) is 5.56 Å². The SMILES string of the molecule is O=C(COC(=O)c1ccc(OC(F)(F)F)cc1)Nc1cc(F)cc(F)c1. The first kappa shape index (κ1) is 19.2. The average Bonchev–Trinajstić information content (AvgIpc) is 2.50. The molecule has 1 N–H and O–H groups in total. The first-order chi connectivity index (χ1) is 12.1. The molecular weight excluding hydrogens is 365 g/mol. The Hall–Kier alpha value is -3.17. The fraction of sp³-hybridized carbons (Fsp3) is 0.125. The maximum atomic E-state index is 13.0. The van der Waals surface area contributed by atoms with Crippen LogP contribution in [-0.2, 0) is 9.53 Å². The predicted molar refractivity (Wildman–Crippen MR) is 78.4 cm³/mol. The standard InChI is InChI=1S/C16H10F5NO4/c17-10-5-11(18)7-12(6-10)22-14(23)8-25-15(24)9-1-3-13(4-2-9)26-16(19,20)21/h1-7H,8H2,(H,22,23). The number of rotatable bonds is 5. The molecule has 0 atom stereocenters. The van der Waals surface area contributed by atoms with Crippen LogP contribution >= 0.6 is 0 Å². The van der Waals surface area contributed by atoms with Gasteiger partial charge in [0.15, 0.2) is 6.61 Å². The van der Waals surface area contributed by atoms with Crippen LogP contribution in [0.2, 0.25) is 0 Å². The van der Waals surface area contributed by atoms with Gasteiger partial charge in [-0.2, -0.15) is 0 Å². The molecule has 0 saturated heterocycles. The van der Waals surface area contributed by atoms with Crippen molar-refractivity contribution in [3.05, 3.63) is 59.7 Å². The Morgan fingerprint density at radius 1 is 0.962 bits per heavy atom. The number of nitrogens with one attached hydrogen (secondary N) is 1. The number of benzene rings is 2. The van der Waals surface area contributed by atoms with Gasteiger partial charge in [-0.1, -0.05) is 0 Å². The van der Waals surface area contributed by atoms with E-state index in [9.17, 15) is 31.5 Å². The van der Waals surface area contributed by atoms with Crippen LogP contribution in [0.4, 0.5) is 27.6 Å². The second kappa shape index (κ2) is 7.81. The number of alkyl halides is 3. The molecule has 0 bridgehead atoms. The molecule has 0 aliphatic carbocycles.